The Hall–Kier alpha value is -1.23. The number of rotatable bonds is 3. The van der Waals surface area contributed by atoms with Gasteiger partial charge in [-0.05, 0) is 18.7 Å². The molecule has 1 aromatic rings. The summed E-state index contributed by atoms with van der Waals surface area (Å²) in [6, 6.07) is 8.10. The van der Waals surface area contributed by atoms with Crippen molar-refractivity contribution < 1.29 is 18.0 Å². The number of carbonyl (C=O) groups is 1. The highest BCUT2D eigenvalue weighted by molar-refractivity contribution is 8.07. The molecule has 0 aliphatic rings. The Morgan fingerprint density at radius 3 is 2.06 bits per heavy atom. The van der Waals surface area contributed by atoms with Crippen molar-refractivity contribution in [2.24, 2.45) is 0 Å². The van der Waals surface area contributed by atoms with Crippen molar-refractivity contribution in [1.82, 2.24) is 0 Å². The lowest BCUT2D eigenvalue weighted by Crippen LogP contribution is -2.19. The van der Waals surface area contributed by atoms with Crippen LogP contribution in [0.4, 0.5) is 13.2 Å². The zero-order valence-electron chi connectivity index (χ0n) is 9.34. The molecule has 0 atom stereocenters. The van der Waals surface area contributed by atoms with Gasteiger partial charge in [0.2, 0.25) is 0 Å². The minimum Gasteiger partial charge on any atom is -0.294 e. The van der Waals surface area contributed by atoms with E-state index in [1.807, 2.05) is 0 Å². The Bertz CT molecular complexity index is 435. The van der Waals surface area contributed by atoms with Crippen molar-refractivity contribution in [3.05, 3.63) is 41.5 Å². The fraction of sp³-hybridized carbons (Fsp3) is 0.250. The second kappa shape index (κ2) is 5.40. The summed E-state index contributed by atoms with van der Waals surface area (Å²) in [6.45, 7) is 0.933. The van der Waals surface area contributed by atoms with Crippen LogP contribution in [0.5, 0.6) is 0 Å². The first-order valence-electron chi connectivity index (χ1n) is 4.79. The lowest BCUT2D eigenvalue weighted by Gasteiger charge is -2.14. The van der Waals surface area contributed by atoms with Gasteiger partial charge in [0.05, 0.1) is 0 Å². The molecular formula is C12H11F3OS. The van der Waals surface area contributed by atoms with Crippen molar-refractivity contribution in [2.75, 3.05) is 6.26 Å². The maximum absolute atomic E-state index is 12.8. The number of carbonyl (C=O) groups excluding carboxylic acids is 1. The topological polar surface area (TPSA) is 17.1 Å². The first kappa shape index (κ1) is 13.8. The van der Waals surface area contributed by atoms with Crippen molar-refractivity contribution in [3.63, 3.8) is 0 Å². The molecule has 0 aliphatic heterocycles. The molecule has 0 saturated heterocycles. The van der Waals surface area contributed by atoms with Crippen LogP contribution in [0.15, 0.2) is 35.9 Å². The first-order chi connectivity index (χ1) is 7.88. The van der Waals surface area contributed by atoms with Crippen LogP contribution in [-0.4, -0.2) is 18.2 Å². The quantitative estimate of drug-likeness (QED) is 0.766. The summed E-state index contributed by atoms with van der Waals surface area (Å²) >= 11 is 0.925. The van der Waals surface area contributed by atoms with Crippen LogP contribution in [0.1, 0.15) is 12.5 Å². The second-order valence-electron chi connectivity index (χ2n) is 3.33. The van der Waals surface area contributed by atoms with Gasteiger partial charge in [0, 0.05) is 4.91 Å². The zero-order chi connectivity index (χ0) is 13.1. The minimum absolute atomic E-state index is 0.0365. The molecule has 0 amide bonds. The van der Waals surface area contributed by atoms with Gasteiger partial charge in [-0.2, -0.15) is 13.2 Å². The first-order valence-corrected chi connectivity index (χ1v) is 6.02. The van der Waals surface area contributed by atoms with E-state index >= 15 is 0 Å². The lowest BCUT2D eigenvalue weighted by molar-refractivity contribution is -0.126. The van der Waals surface area contributed by atoms with Crippen molar-refractivity contribution >= 4 is 22.5 Å². The van der Waals surface area contributed by atoms with Crippen molar-refractivity contribution in [2.45, 2.75) is 13.1 Å². The summed E-state index contributed by atoms with van der Waals surface area (Å²) in [5.41, 5.74) is -0.682. The predicted octanol–water partition coefficient (Wildman–Crippen LogP) is 3.91. The third-order valence-electron chi connectivity index (χ3n) is 2.10. The van der Waals surface area contributed by atoms with Gasteiger partial charge in [0.15, 0.2) is 5.78 Å². The number of hydrogen-bond acceptors (Lipinski definition) is 2. The number of allylic oxidation sites excluding steroid dienone is 1. The van der Waals surface area contributed by atoms with Gasteiger partial charge in [-0.15, -0.1) is 11.8 Å². The van der Waals surface area contributed by atoms with Crippen LogP contribution in [0, 0.1) is 0 Å². The smallest absolute Gasteiger partial charge is 0.294 e. The van der Waals surface area contributed by atoms with Gasteiger partial charge in [0.25, 0.3) is 0 Å². The lowest BCUT2D eigenvalue weighted by atomic mass is 10.1. The Balaban J connectivity index is 3.44. The van der Waals surface area contributed by atoms with E-state index in [1.54, 1.807) is 30.3 Å². The summed E-state index contributed by atoms with van der Waals surface area (Å²) in [5, 5.41) is 0. The van der Waals surface area contributed by atoms with E-state index in [-0.39, 0.29) is 4.91 Å². The Kier molecular flexibility index (Phi) is 4.40. The van der Waals surface area contributed by atoms with Crippen molar-refractivity contribution in [1.29, 1.82) is 0 Å². The van der Waals surface area contributed by atoms with Crippen LogP contribution in [-0.2, 0) is 4.79 Å². The Morgan fingerprint density at radius 1 is 1.18 bits per heavy atom. The second-order valence-corrected chi connectivity index (χ2v) is 4.14. The molecule has 1 nitrogen and oxygen atoms in total. The molecule has 0 fully saturated rings. The predicted molar refractivity (Wildman–Crippen MR) is 63.6 cm³/mol. The van der Waals surface area contributed by atoms with E-state index in [2.05, 4.69) is 0 Å². The standard InChI is InChI=1S/C12H11F3OS/c1-8(16)10(12(13,14)15)11(17-2)9-6-4-3-5-7-9/h3-7H,1-2H3/b11-10-. The van der Waals surface area contributed by atoms with E-state index in [4.69, 9.17) is 0 Å². The number of ketones is 1. The monoisotopic (exact) mass is 260 g/mol. The summed E-state index contributed by atoms with van der Waals surface area (Å²) in [6.07, 6.45) is -3.10. The number of halogens is 3. The molecule has 0 radical (unpaired) electrons. The molecule has 0 aliphatic carbocycles. The van der Waals surface area contributed by atoms with Crippen molar-refractivity contribution in [3.8, 4) is 0 Å². The molecule has 0 spiro atoms. The Labute approximate surface area is 102 Å². The SMILES string of the molecule is CS/C(=C(/C(C)=O)C(F)(F)F)c1ccccc1. The maximum atomic E-state index is 12.8. The van der Waals surface area contributed by atoms with Crippen LogP contribution in [0.2, 0.25) is 0 Å². The van der Waals surface area contributed by atoms with Crippen LogP contribution < -0.4 is 0 Å². The highest BCUT2D eigenvalue weighted by Crippen LogP contribution is 2.38. The molecule has 17 heavy (non-hydrogen) atoms. The van der Waals surface area contributed by atoms with Gasteiger partial charge in [0.1, 0.15) is 5.57 Å². The van der Waals surface area contributed by atoms with E-state index in [1.165, 1.54) is 6.26 Å². The molecular weight excluding hydrogens is 249 g/mol. The summed E-state index contributed by atoms with van der Waals surface area (Å²) in [4.78, 5) is 11.1. The molecule has 92 valence electrons. The molecule has 0 heterocycles. The molecule has 1 rings (SSSR count). The minimum atomic E-state index is -4.62. The molecule has 0 saturated carbocycles. The van der Waals surface area contributed by atoms with E-state index in [0.717, 1.165) is 18.7 Å². The van der Waals surface area contributed by atoms with Gasteiger partial charge < -0.3 is 0 Å². The summed E-state index contributed by atoms with van der Waals surface area (Å²) in [5.74, 6) is -0.967. The number of Topliss-reactive ketones (excluding diaryl/α,β-unsaturated/α-hetero) is 1. The normalized spacial score (nSPS) is 13.2. The molecule has 1 aromatic carbocycles. The molecule has 0 unspecified atom stereocenters. The fourth-order valence-corrected chi connectivity index (χ4v) is 2.28. The molecule has 5 heteroatoms. The molecule has 0 bridgehead atoms. The van der Waals surface area contributed by atoms with E-state index < -0.39 is 17.5 Å². The van der Waals surface area contributed by atoms with Gasteiger partial charge >= 0.3 is 6.18 Å². The zero-order valence-corrected chi connectivity index (χ0v) is 10.2. The van der Waals surface area contributed by atoms with E-state index in [9.17, 15) is 18.0 Å². The van der Waals surface area contributed by atoms with Gasteiger partial charge in [-0.1, -0.05) is 30.3 Å². The van der Waals surface area contributed by atoms with Gasteiger partial charge in [-0.25, -0.2) is 0 Å². The average molecular weight is 260 g/mol. The molecule has 0 aromatic heterocycles. The third kappa shape index (κ3) is 3.36. The van der Waals surface area contributed by atoms with Gasteiger partial charge in [-0.3, -0.25) is 4.79 Å². The third-order valence-corrected chi connectivity index (χ3v) is 2.95. The largest absolute Gasteiger partial charge is 0.420 e. The van der Waals surface area contributed by atoms with Crippen LogP contribution in [0.3, 0.4) is 0 Å². The number of benzene rings is 1. The number of alkyl halides is 3. The summed E-state index contributed by atoms with van der Waals surface area (Å²) in [7, 11) is 0. The molecule has 0 N–H and O–H groups in total. The maximum Gasteiger partial charge on any atom is 0.420 e. The van der Waals surface area contributed by atoms with E-state index in [0.29, 0.717) is 5.56 Å². The number of hydrogen-bond donors (Lipinski definition) is 0. The van der Waals surface area contributed by atoms with Crippen LogP contribution >= 0.6 is 11.8 Å². The Morgan fingerprint density at radius 2 is 1.71 bits per heavy atom. The highest BCUT2D eigenvalue weighted by atomic mass is 32.2. The average Bonchev–Trinajstić information content (AvgIpc) is 2.24. The fourth-order valence-electron chi connectivity index (χ4n) is 1.44. The highest BCUT2D eigenvalue weighted by Gasteiger charge is 2.39. The summed E-state index contributed by atoms with van der Waals surface area (Å²) < 4.78 is 38.4. The number of thioether (sulfide) groups is 1. The van der Waals surface area contributed by atoms with Crippen LogP contribution in [0.25, 0.3) is 4.91 Å².